The molecule has 12 rings (SSSR count). The van der Waals surface area contributed by atoms with Crippen LogP contribution < -0.4 is 20.2 Å². The Morgan fingerprint density at radius 3 is 1.02 bits per heavy atom. The molecule has 388 valence electrons. The van der Waals surface area contributed by atoms with E-state index in [2.05, 4.69) is 242 Å². The van der Waals surface area contributed by atoms with Crippen molar-refractivity contribution in [3.63, 3.8) is 0 Å². The van der Waals surface area contributed by atoms with Crippen LogP contribution in [0.3, 0.4) is 0 Å². The highest BCUT2D eigenvalue weighted by molar-refractivity contribution is 6.89. The van der Waals surface area contributed by atoms with Gasteiger partial charge >= 0.3 is 0 Å². The fourth-order valence-corrected chi connectivity index (χ4v) is 13.7. The van der Waals surface area contributed by atoms with Gasteiger partial charge in [0.15, 0.2) is 11.4 Å². The molecule has 0 bridgehead atoms. The molecule has 0 saturated heterocycles. The topological polar surface area (TPSA) is 39.0 Å². The van der Waals surface area contributed by atoms with Crippen LogP contribution in [0, 0.1) is 31.4 Å². The van der Waals surface area contributed by atoms with Crippen molar-refractivity contribution in [2.75, 3.05) is 9.80 Å². The van der Waals surface area contributed by atoms with Gasteiger partial charge in [-0.2, -0.15) is 5.26 Å². The maximum Gasteiger partial charge on any atom is 0.187 e. The number of anilines is 6. The third-order valence-electron chi connectivity index (χ3n) is 15.8. The molecule has 7 heteroatoms. The van der Waals surface area contributed by atoms with Crippen molar-refractivity contribution in [1.29, 1.82) is 5.26 Å². The number of hydrogen-bond acceptors (Lipinski definition) is 3. The van der Waals surface area contributed by atoms with Crippen LogP contribution in [0.15, 0.2) is 231 Å². The van der Waals surface area contributed by atoms with Crippen LogP contribution in [0.2, 0.25) is 39.3 Å². The molecular formula is C74H59N5Si2. The third kappa shape index (κ3) is 10.1. The van der Waals surface area contributed by atoms with E-state index in [1.54, 1.807) is 0 Å². The van der Waals surface area contributed by atoms with Crippen LogP contribution in [0.4, 0.5) is 45.5 Å². The number of nitriles is 1. The van der Waals surface area contributed by atoms with E-state index in [1.807, 2.05) is 60.7 Å². The van der Waals surface area contributed by atoms with E-state index in [0.717, 1.165) is 100 Å². The molecule has 12 aromatic carbocycles. The van der Waals surface area contributed by atoms with Gasteiger partial charge in [-0.3, -0.25) is 0 Å². The van der Waals surface area contributed by atoms with Crippen molar-refractivity contribution in [2.45, 2.75) is 46.2 Å². The Kier molecular flexibility index (Phi) is 13.3. The summed E-state index contributed by atoms with van der Waals surface area (Å²) in [7, 11) is -3.30. The predicted octanol–water partition coefficient (Wildman–Crippen LogP) is 20.6. The third-order valence-corrected chi connectivity index (χ3v) is 20.0. The lowest BCUT2D eigenvalue weighted by atomic mass is 9.91. The van der Waals surface area contributed by atoms with E-state index in [-0.39, 0.29) is 0 Å². The van der Waals surface area contributed by atoms with Gasteiger partial charge in [0.2, 0.25) is 0 Å². The SMILES string of the molecule is [C-]#[N+]c1ccc(-c2cc(-c3ccc(C)cc3)cc(N(c3ccc([Si](C)(C)C)cc3)c3ccc4ccc5c(N(c6ccc([Si](C)(C)C)cc6)c6cc(-c7ccc(C#N)cc7)cc(-c7ccc([N+]#[C-])cc7)c6)ccc6ccc3c4c65)c2)cc1. The van der Waals surface area contributed by atoms with E-state index in [9.17, 15) is 5.26 Å². The summed E-state index contributed by atoms with van der Waals surface area (Å²) in [5.74, 6) is 0. The molecule has 12 aromatic rings. The molecule has 0 aromatic heterocycles. The van der Waals surface area contributed by atoms with Gasteiger partial charge in [0.05, 0.1) is 52.3 Å². The Bertz CT molecular complexity index is 4400. The summed E-state index contributed by atoms with van der Waals surface area (Å²) in [5.41, 5.74) is 17.6. The van der Waals surface area contributed by atoms with Crippen molar-refractivity contribution in [1.82, 2.24) is 0 Å². The summed E-state index contributed by atoms with van der Waals surface area (Å²) < 4.78 is 0. The molecular weight excluding hydrogens is 1020 g/mol. The molecule has 0 heterocycles. The number of rotatable bonds is 12. The highest BCUT2D eigenvalue weighted by Gasteiger charge is 2.26. The van der Waals surface area contributed by atoms with Gasteiger partial charge < -0.3 is 9.80 Å². The van der Waals surface area contributed by atoms with Crippen LogP contribution in [0.5, 0.6) is 0 Å². The summed E-state index contributed by atoms with van der Waals surface area (Å²) in [5, 5.41) is 19.5. The summed E-state index contributed by atoms with van der Waals surface area (Å²) in [4.78, 5) is 12.3. The molecule has 0 aliphatic heterocycles. The zero-order valence-corrected chi connectivity index (χ0v) is 48.7. The number of hydrogen-bond donors (Lipinski definition) is 0. The van der Waals surface area contributed by atoms with Crippen molar-refractivity contribution >= 4 is 104 Å². The van der Waals surface area contributed by atoms with E-state index in [4.69, 9.17) is 13.1 Å². The van der Waals surface area contributed by atoms with Crippen LogP contribution in [-0.2, 0) is 0 Å². The van der Waals surface area contributed by atoms with Gasteiger partial charge in [-0.1, -0.05) is 201 Å². The zero-order chi connectivity index (χ0) is 56.2. The molecule has 0 aliphatic rings. The van der Waals surface area contributed by atoms with E-state index >= 15 is 0 Å². The molecule has 0 aliphatic carbocycles. The van der Waals surface area contributed by atoms with Crippen LogP contribution >= 0.6 is 0 Å². The molecule has 0 radical (unpaired) electrons. The van der Waals surface area contributed by atoms with Gasteiger partial charge in [-0.25, -0.2) is 9.69 Å². The van der Waals surface area contributed by atoms with Gasteiger partial charge in [-0.05, 0) is 158 Å². The lowest BCUT2D eigenvalue weighted by Crippen LogP contribution is -2.37. The summed E-state index contributed by atoms with van der Waals surface area (Å²) in [6.07, 6.45) is 0. The standard InChI is InChI=1S/C74H59N5Si2/c1-49-10-14-51(15-11-49)57-42-59(53-18-26-61(76-2)27-19-53)46-65(44-57)78(63-30-34-67(35-31-63)80(4,5)6)71-40-24-55-23-39-70-72(41-25-56-22-38-69(71)73(55)74(56)70)79(64-32-36-68(37-33-64)81(7,8)9)66-45-58(52-16-12-50(48-75)13-17-52)43-60(47-66)54-20-28-62(77-3)29-21-54/h10-47H,1,4-9H3. The number of nitrogens with zero attached hydrogens (tertiary/aromatic N) is 5. The first-order valence-corrected chi connectivity index (χ1v) is 34.5. The fraction of sp³-hybridized carbons (Fsp3) is 0.0946. The molecule has 0 N–H and O–H groups in total. The van der Waals surface area contributed by atoms with Gasteiger partial charge in [0.25, 0.3) is 0 Å². The number of aryl methyl sites for hydroxylation is 1. The van der Waals surface area contributed by atoms with E-state index in [1.165, 1.54) is 26.7 Å². The summed E-state index contributed by atoms with van der Waals surface area (Å²) in [6, 6.07) is 85.2. The second-order valence-corrected chi connectivity index (χ2v) is 33.4. The Labute approximate surface area is 477 Å². The van der Waals surface area contributed by atoms with Crippen molar-refractivity contribution in [3.05, 3.63) is 264 Å². The Hall–Kier alpha value is -9.82. The second kappa shape index (κ2) is 20.8. The monoisotopic (exact) mass is 1070 g/mol. The normalized spacial score (nSPS) is 11.6. The van der Waals surface area contributed by atoms with Gasteiger partial charge in [-0.15, -0.1) is 0 Å². The van der Waals surface area contributed by atoms with Gasteiger partial charge in [0.1, 0.15) is 0 Å². The quantitative estimate of drug-likeness (QED) is 0.0695. The first kappa shape index (κ1) is 51.9. The number of benzene rings is 12. The van der Waals surface area contributed by atoms with Gasteiger partial charge in [0, 0.05) is 33.5 Å². The van der Waals surface area contributed by atoms with E-state index in [0.29, 0.717) is 16.9 Å². The smallest absolute Gasteiger partial charge is 0.187 e. The Morgan fingerprint density at radius 2 is 0.691 bits per heavy atom. The van der Waals surface area contributed by atoms with Crippen molar-refractivity contribution < 1.29 is 0 Å². The van der Waals surface area contributed by atoms with Crippen molar-refractivity contribution in [3.8, 4) is 50.6 Å². The Morgan fingerprint density at radius 1 is 0.358 bits per heavy atom. The van der Waals surface area contributed by atoms with Crippen molar-refractivity contribution in [2.24, 2.45) is 0 Å². The lowest BCUT2D eigenvalue weighted by molar-refractivity contribution is 1.30. The maximum atomic E-state index is 9.78. The molecule has 0 saturated carbocycles. The lowest BCUT2D eigenvalue weighted by Gasteiger charge is -2.31. The highest BCUT2D eigenvalue weighted by atomic mass is 28.3. The fourth-order valence-electron chi connectivity index (χ4n) is 11.3. The molecule has 0 unspecified atom stereocenters. The first-order chi connectivity index (χ1) is 39.1. The molecule has 81 heavy (non-hydrogen) atoms. The minimum atomic E-state index is -1.66. The molecule has 0 atom stereocenters. The minimum absolute atomic E-state index is 0.593. The second-order valence-electron chi connectivity index (χ2n) is 23.3. The average Bonchev–Trinajstić information content (AvgIpc) is 3.51. The molecule has 0 amide bonds. The highest BCUT2D eigenvalue weighted by Crippen LogP contribution is 2.49. The van der Waals surface area contributed by atoms with Crippen LogP contribution in [0.25, 0.3) is 86.5 Å². The minimum Gasteiger partial charge on any atom is -0.310 e. The van der Waals surface area contributed by atoms with Crippen LogP contribution in [-0.4, -0.2) is 16.1 Å². The maximum absolute atomic E-state index is 9.78. The van der Waals surface area contributed by atoms with E-state index < -0.39 is 16.1 Å². The summed E-state index contributed by atoms with van der Waals surface area (Å²) in [6.45, 7) is 31.9. The zero-order valence-electron chi connectivity index (χ0n) is 46.7. The molecule has 0 spiro atoms. The summed E-state index contributed by atoms with van der Waals surface area (Å²) >= 11 is 0. The first-order valence-electron chi connectivity index (χ1n) is 27.5. The predicted molar refractivity (Wildman–Crippen MR) is 349 cm³/mol. The molecule has 5 nitrogen and oxygen atoms in total. The Balaban J connectivity index is 1.11. The molecule has 0 fully saturated rings. The largest absolute Gasteiger partial charge is 0.310 e. The van der Waals surface area contributed by atoms with Crippen LogP contribution in [0.1, 0.15) is 11.1 Å². The average molecular weight is 1070 g/mol.